The summed E-state index contributed by atoms with van der Waals surface area (Å²) in [7, 11) is 0.871. The van der Waals surface area contributed by atoms with Gasteiger partial charge in [0.2, 0.25) is 10.0 Å². The summed E-state index contributed by atoms with van der Waals surface area (Å²) < 4.78 is 34.4. The van der Waals surface area contributed by atoms with Gasteiger partial charge in [-0.3, -0.25) is 0 Å². The number of amides is 2. The highest BCUT2D eigenvalue weighted by Gasteiger charge is 2.21. The Morgan fingerprint density at radius 3 is 2.71 bits per heavy atom. The maximum Gasteiger partial charge on any atom is 0.336 e. The van der Waals surface area contributed by atoms with Crippen molar-refractivity contribution in [2.45, 2.75) is 4.90 Å². The zero-order chi connectivity index (χ0) is 20.5. The number of aryl methyl sites for hydroxylation is 1. The van der Waals surface area contributed by atoms with Crippen LogP contribution in [0.1, 0.15) is 0 Å². The van der Waals surface area contributed by atoms with Crippen molar-refractivity contribution in [2.75, 3.05) is 23.8 Å². The monoisotopic (exact) mass is 421 g/mol. The molecule has 0 saturated heterocycles. The molecule has 3 rings (SSSR count). The molecule has 0 fully saturated rings. The Kier molecular flexibility index (Phi) is 5.49. The first-order valence-corrected chi connectivity index (χ1v) is 9.98. The van der Waals surface area contributed by atoms with Gasteiger partial charge >= 0.3 is 6.03 Å². The molecule has 0 radical (unpaired) electrons. The summed E-state index contributed by atoms with van der Waals surface area (Å²) >= 11 is 4.24. The van der Waals surface area contributed by atoms with Crippen LogP contribution in [0.4, 0.5) is 16.2 Å². The van der Waals surface area contributed by atoms with E-state index < -0.39 is 16.1 Å². The van der Waals surface area contributed by atoms with Crippen LogP contribution in [0.25, 0.3) is 11.0 Å². The van der Waals surface area contributed by atoms with Gasteiger partial charge in [-0.25, -0.2) is 27.2 Å². The summed E-state index contributed by atoms with van der Waals surface area (Å²) in [6, 6.07) is 8.93. The highest BCUT2D eigenvalue weighted by atomic mass is 32.2. The molecule has 2 aromatic carbocycles. The first kappa shape index (κ1) is 20.0. The maximum atomic E-state index is 12.7. The van der Waals surface area contributed by atoms with Crippen molar-refractivity contribution in [3.05, 3.63) is 42.7 Å². The van der Waals surface area contributed by atoms with E-state index in [1.54, 1.807) is 18.5 Å². The number of sulfonamides is 1. The molecule has 2 N–H and O–H groups in total. The normalized spacial score (nSPS) is 11.4. The first-order chi connectivity index (χ1) is 13.3. The number of anilines is 2. The number of hydrogen-bond acceptors (Lipinski definition) is 6. The second kappa shape index (κ2) is 7.70. The molecule has 0 spiro atoms. The summed E-state index contributed by atoms with van der Waals surface area (Å²) in [5, 5.41) is 2.73. The Balaban J connectivity index is 1.95. The number of rotatable bonds is 5. The number of benzene rings is 2. The molecule has 0 aliphatic heterocycles. The van der Waals surface area contributed by atoms with E-state index in [-0.39, 0.29) is 16.3 Å². The summed E-state index contributed by atoms with van der Waals surface area (Å²) in [6.45, 7) is 0. The van der Waals surface area contributed by atoms with Crippen molar-refractivity contribution in [1.82, 2.24) is 14.3 Å². The molecular weight excluding hydrogens is 402 g/mol. The molecule has 1 aromatic heterocycles. The molecule has 0 aliphatic carbocycles. The lowest BCUT2D eigenvalue weighted by atomic mass is 10.2. The lowest BCUT2D eigenvalue weighted by Crippen LogP contribution is -2.27. The highest BCUT2D eigenvalue weighted by Crippen LogP contribution is 2.33. The van der Waals surface area contributed by atoms with Crippen LogP contribution < -0.4 is 19.1 Å². The van der Waals surface area contributed by atoms with E-state index in [9.17, 15) is 13.2 Å². The van der Waals surface area contributed by atoms with Crippen molar-refractivity contribution >= 4 is 51.3 Å². The van der Waals surface area contributed by atoms with Gasteiger partial charge in [0.1, 0.15) is 17.0 Å². The maximum absolute atomic E-state index is 12.7. The van der Waals surface area contributed by atoms with Gasteiger partial charge in [-0.15, -0.1) is 0 Å². The number of ether oxygens (including phenoxy) is 1. The summed E-state index contributed by atoms with van der Waals surface area (Å²) in [5.41, 5.74) is 2.15. The molecule has 0 bridgehead atoms. The minimum Gasteiger partial charge on any atom is -0.495 e. The number of urea groups is 1. The molecule has 9 nitrogen and oxygen atoms in total. The van der Waals surface area contributed by atoms with Crippen LogP contribution in [-0.2, 0) is 17.1 Å². The second-order valence-corrected chi connectivity index (χ2v) is 8.10. The molecule has 148 valence electrons. The van der Waals surface area contributed by atoms with Gasteiger partial charge in [-0.2, -0.15) is 0 Å². The number of fused-ring (bicyclic) bond motifs is 1. The predicted octanol–water partition coefficient (Wildman–Crippen LogP) is 2.37. The first-order valence-electron chi connectivity index (χ1n) is 8.10. The van der Waals surface area contributed by atoms with E-state index in [1.165, 1.54) is 32.4 Å². The van der Waals surface area contributed by atoms with Gasteiger partial charge in [0, 0.05) is 7.05 Å². The molecule has 28 heavy (non-hydrogen) atoms. The van der Waals surface area contributed by atoms with E-state index in [0.29, 0.717) is 11.2 Å². The summed E-state index contributed by atoms with van der Waals surface area (Å²) in [6.07, 6.45) is 1.65. The number of methoxy groups -OCH3 is 1. The zero-order valence-corrected chi connectivity index (χ0v) is 17.1. The minimum atomic E-state index is -3.70. The van der Waals surface area contributed by atoms with Gasteiger partial charge in [0.05, 0.1) is 29.5 Å². The van der Waals surface area contributed by atoms with Crippen molar-refractivity contribution in [1.29, 1.82) is 0 Å². The third kappa shape index (κ3) is 3.63. The predicted molar refractivity (Wildman–Crippen MR) is 110 cm³/mol. The van der Waals surface area contributed by atoms with Crippen molar-refractivity contribution in [3.8, 4) is 5.75 Å². The van der Waals surface area contributed by atoms with Crippen LogP contribution in [0.5, 0.6) is 5.75 Å². The summed E-state index contributed by atoms with van der Waals surface area (Å²) in [4.78, 5) is 17.0. The molecule has 0 atom stereocenters. The van der Waals surface area contributed by atoms with Crippen LogP contribution in [0.2, 0.25) is 0 Å². The molecule has 3 aromatic rings. The minimum absolute atomic E-state index is 0.0236. The van der Waals surface area contributed by atoms with E-state index in [1.807, 2.05) is 17.7 Å². The largest absolute Gasteiger partial charge is 0.495 e. The second-order valence-electron chi connectivity index (χ2n) is 5.81. The van der Waals surface area contributed by atoms with Gasteiger partial charge < -0.3 is 14.6 Å². The fourth-order valence-electron chi connectivity index (χ4n) is 2.66. The topological polar surface area (TPSA) is 106 Å². The average molecular weight is 422 g/mol. The van der Waals surface area contributed by atoms with Gasteiger partial charge in [0.15, 0.2) is 0 Å². The summed E-state index contributed by atoms with van der Waals surface area (Å²) in [5.74, 6) is 0.288. The van der Waals surface area contributed by atoms with E-state index >= 15 is 0 Å². The molecule has 1 heterocycles. The Morgan fingerprint density at radius 2 is 2.04 bits per heavy atom. The smallest absolute Gasteiger partial charge is 0.336 e. The average Bonchev–Trinajstić information content (AvgIpc) is 3.08. The number of hydrogen-bond donors (Lipinski definition) is 3. The quantitative estimate of drug-likeness (QED) is 0.549. The zero-order valence-electron chi connectivity index (χ0n) is 15.4. The van der Waals surface area contributed by atoms with Crippen LogP contribution in [0.3, 0.4) is 0 Å². The standard InChI is InChI=1S/C17H19N5O4S2/c1-18-28(24,25)11-7-8-15(26-3)14(9-11)22(27)17(23)20-12-5-4-6-13-16(12)19-10-21(13)2/h4-10,18,27H,1-3H3,(H,20,23). The van der Waals surface area contributed by atoms with E-state index in [4.69, 9.17) is 4.74 Å². The highest BCUT2D eigenvalue weighted by molar-refractivity contribution is 7.89. The van der Waals surface area contributed by atoms with Gasteiger partial charge in [-0.05, 0) is 37.4 Å². The number of aromatic nitrogens is 2. The molecule has 0 aliphatic rings. The van der Waals surface area contributed by atoms with Crippen molar-refractivity contribution in [3.63, 3.8) is 0 Å². The number of nitrogens with zero attached hydrogens (tertiary/aromatic N) is 3. The van der Waals surface area contributed by atoms with Crippen molar-refractivity contribution < 1.29 is 17.9 Å². The number of thiol groups is 1. The van der Waals surface area contributed by atoms with Gasteiger partial charge in [0.25, 0.3) is 0 Å². The van der Waals surface area contributed by atoms with E-state index in [0.717, 1.165) is 9.82 Å². The molecular formula is C17H19N5O4S2. The fourth-order valence-corrected chi connectivity index (χ4v) is 3.61. The third-order valence-electron chi connectivity index (χ3n) is 4.15. The van der Waals surface area contributed by atoms with Crippen molar-refractivity contribution in [2.24, 2.45) is 7.05 Å². The Morgan fingerprint density at radius 1 is 1.29 bits per heavy atom. The number of carbonyl (C=O) groups excluding carboxylic acids is 1. The fraction of sp³-hybridized carbons (Fsp3) is 0.176. The Labute approximate surface area is 167 Å². The molecule has 0 unspecified atom stereocenters. The van der Waals surface area contributed by atoms with Crippen LogP contribution in [0, 0.1) is 0 Å². The van der Waals surface area contributed by atoms with Gasteiger partial charge in [-0.1, -0.05) is 18.9 Å². The van der Waals surface area contributed by atoms with Crippen LogP contribution in [0.15, 0.2) is 47.6 Å². The van der Waals surface area contributed by atoms with Crippen LogP contribution in [-0.4, -0.2) is 38.2 Å². The SMILES string of the molecule is CNS(=O)(=O)c1ccc(OC)c(N(S)C(=O)Nc2cccc3c2ncn3C)c1. The lowest BCUT2D eigenvalue weighted by molar-refractivity contribution is 0.260. The Hall–Kier alpha value is -2.76. The number of imidazole rings is 1. The third-order valence-corrected chi connectivity index (χ3v) is 5.96. The number of nitrogens with one attached hydrogen (secondary N) is 2. The Bertz CT molecular complexity index is 1140. The molecule has 11 heteroatoms. The number of para-hydroxylation sites is 1. The molecule has 2 amide bonds. The van der Waals surface area contributed by atoms with Crippen LogP contribution >= 0.6 is 12.8 Å². The van der Waals surface area contributed by atoms with E-state index in [2.05, 4.69) is 27.8 Å². The molecule has 0 saturated carbocycles. The lowest BCUT2D eigenvalue weighted by Gasteiger charge is -2.20. The number of carbonyl (C=O) groups is 1.